The molecule has 0 bridgehead atoms. The number of carboxylic acids is 1. The van der Waals surface area contributed by atoms with Crippen LogP contribution in [0.2, 0.25) is 0 Å². The lowest BCUT2D eigenvalue weighted by Gasteiger charge is -2.24. The Balaban J connectivity index is 3.29. The zero-order chi connectivity index (χ0) is 15.5. The molecule has 1 N–H and O–H groups in total. The van der Waals surface area contributed by atoms with Crippen LogP contribution in [0.15, 0.2) is 12.1 Å². The van der Waals surface area contributed by atoms with Gasteiger partial charge in [0.1, 0.15) is 11.5 Å². The van der Waals surface area contributed by atoms with Crippen molar-refractivity contribution in [2.45, 2.75) is 39.5 Å². The summed E-state index contributed by atoms with van der Waals surface area (Å²) in [6, 6.07) is 3.83. The highest BCUT2D eigenvalue weighted by Crippen LogP contribution is 2.37. The van der Waals surface area contributed by atoms with E-state index in [9.17, 15) is 4.79 Å². The Labute approximate surface area is 120 Å². The SMILES string of the molecule is COc1cc(C(C)(C)C)c(OC)cc1CC(C)C(=O)O. The first-order valence-corrected chi connectivity index (χ1v) is 6.69. The zero-order valence-corrected chi connectivity index (χ0v) is 13.1. The number of hydrogen-bond donors (Lipinski definition) is 1. The first kappa shape index (κ1) is 16.3. The molecule has 0 radical (unpaired) electrons. The van der Waals surface area contributed by atoms with Crippen LogP contribution in [0.5, 0.6) is 11.5 Å². The van der Waals surface area contributed by atoms with Gasteiger partial charge in [-0.2, -0.15) is 0 Å². The van der Waals surface area contributed by atoms with Crippen LogP contribution < -0.4 is 9.47 Å². The fraction of sp³-hybridized carbons (Fsp3) is 0.562. The van der Waals surface area contributed by atoms with Crippen LogP contribution in [-0.2, 0) is 16.6 Å². The van der Waals surface area contributed by atoms with Gasteiger partial charge >= 0.3 is 5.97 Å². The average molecular weight is 280 g/mol. The smallest absolute Gasteiger partial charge is 0.306 e. The van der Waals surface area contributed by atoms with Gasteiger partial charge in [-0.15, -0.1) is 0 Å². The van der Waals surface area contributed by atoms with Crippen LogP contribution in [0, 0.1) is 5.92 Å². The molecule has 0 aromatic heterocycles. The van der Waals surface area contributed by atoms with Crippen LogP contribution in [-0.4, -0.2) is 25.3 Å². The van der Waals surface area contributed by atoms with Crippen molar-refractivity contribution >= 4 is 5.97 Å². The fourth-order valence-corrected chi connectivity index (χ4v) is 2.12. The molecule has 0 aliphatic carbocycles. The normalized spacial score (nSPS) is 12.9. The Morgan fingerprint density at radius 3 is 2.15 bits per heavy atom. The summed E-state index contributed by atoms with van der Waals surface area (Å²) in [5, 5.41) is 9.05. The second kappa shape index (κ2) is 6.16. The second-order valence-corrected chi connectivity index (χ2v) is 6.06. The summed E-state index contributed by atoms with van der Waals surface area (Å²) in [7, 11) is 3.23. The number of rotatable bonds is 5. The third-order valence-corrected chi connectivity index (χ3v) is 3.36. The van der Waals surface area contributed by atoms with Crippen LogP contribution in [0.1, 0.15) is 38.8 Å². The van der Waals surface area contributed by atoms with Crippen molar-refractivity contribution in [3.8, 4) is 11.5 Å². The quantitative estimate of drug-likeness (QED) is 0.899. The van der Waals surface area contributed by atoms with Gasteiger partial charge in [0.25, 0.3) is 0 Å². The lowest BCUT2D eigenvalue weighted by atomic mass is 9.84. The summed E-state index contributed by atoms with van der Waals surface area (Å²) in [6.45, 7) is 7.99. The molecule has 1 aromatic carbocycles. The average Bonchev–Trinajstić information content (AvgIpc) is 2.36. The van der Waals surface area contributed by atoms with E-state index in [1.54, 1.807) is 21.1 Å². The highest BCUT2D eigenvalue weighted by atomic mass is 16.5. The van der Waals surface area contributed by atoms with Gasteiger partial charge in [0.15, 0.2) is 0 Å². The molecule has 1 atom stereocenters. The van der Waals surface area contributed by atoms with E-state index < -0.39 is 11.9 Å². The predicted octanol–water partition coefficient (Wildman–Crippen LogP) is 3.26. The minimum atomic E-state index is -0.814. The van der Waals surface area contributed by atoms with Crippen molar-refractivity contribution in [2.24, 2.45) is 5.92 Å². The Hall–Kier alpha value is -1.71. The summed E-state index contributed by atoms with van der Waals surface area (Å²) in [5.74, 6) is 0.203. The van der Waals surface area contributed by atoms with Crippen molar-refractivity contribution < 1.29 is 19.4 Å². The number of methoxy groups -OCH3 is 2. The van der Waals surface area contributed by atoms with E-state index in [1.165, 1.54) is 0 Å². The Morgan fingerprint density at radius 1 is 1.20 bits per heavy atom. The largest absolute Gasteiger partial charge is 0.496 e. The molecule has 1 aromatic rings. The van der Waals surface area contributed by atoms with Crippen molar-refractivity contribution in [1.29, 1.82) is 0 Å². The molecule has 4 nitrogen and oxygen atoms in total. The van der Waals surface area contributed by atoms with Gasteiger partial charge in [-0.3, -0.25) is 4.79 Å². The number of ether oxygens (including phenoxy) is 2. The highest BCUT2D eigenvalue weighted by molar-refractivity contribution is 5.70. The van der Waals surface area contributed by atoms with E-state index in [2.05, 4.69) is 20.8 Å². The molecule has 20 heavy (non-hydrogen) atoms. The van der Waals surface area contributed by atoms with Crippen LogP contribution in [0.4, 0.5) is 0 Å². The van der Waals surface area contributed by atoms with Crippen LogP contribution >= 0.6 is 0 Å². The van der Waals surface area contributed by atoms with Crippen molar-refractivity contribution in [1.82, 2.24) is 0 Å². The molecule has 0 heterocycles. The highest BCUT2D eigenvalue weighted by Gasteiger charge is 2.23. The summed E-state index contributed by atoms with van der Waals surface area (Å²) in [6.07, 6.45) is 0.416. The number of hydrogen-bond acceptors (Lipinski definition) is 3. The third kappa shape index (κ3) is 3.65. The molecule has 4 heteroatoms. The van der Waals surface area contributed by atoms with E-state index >= 15 is 0 Å². The van der Waals surface area contributed by atoms with E-state index in [4.69, 9.17) is 14.6 Å². The standard InChI is InChI=1S/C16H24O4/c1-10(15(17)18)7-11-8-14(20-6)12(16(2,3)4)9-13(11)19-5/h8-10H,7H2,1-6H3,(H,17,18). The van der Waals surface area contributed by atoms with Crippen LogP contribution in [0.25, 0.3) is 0 Å². The Morgan fingerprint density at radius 2 is 1.75 bits per heavy atom. The summed E-state index contributed by atoms with van der Waals surface area (Å²) in [4.78, 5) is 11.0. The predicted molar refractivity (Wildman–Crippen MR) is 78.7 cm³/mol. The minimum Gasteiger partial charge on any atom is -0.496 e. The van der Waals surface area contributed by atoms with E-state index in [0.29, 0.717) is 12.2 Å². The topological polar surface area (TPSA) is 55.8 Å². The van der Waals surface area contributed by atoms with Gasteiger partial charge in [-0.1, -0.05) is 27.7 Å². The van der Waals surface area contributed by atoms with Crippen molar-refractivity contribution in [3.05, 3.63) is 23.3 Å². The van der Waals surface area contributed by atoms with Gasteiger partial charge in [-0.05, 0) is 29.5 Å². The van der Waals surface area contributed by atoms with Gasteiger partial charge in [0, 0.05) is 5.56 Å². The molecule has 0 aliphatic rings. The maximum Gasteiger partial charge on any atom is 0.306 e. The maximum absolute atomic E-state index is 11.0. The summed E-state index contributed by atoms with van der Waals surface area (Å²) >= 11 is 0. The number of carbonyl (C=O) groups is 1. The minimum absolute atomic E-state index is 0.0738. The van der Waals surface area contributed by atoms with Gasteiger partial charge in [0.2, 0.25) is 0 Å². The molecule has 0 saturated carbocycles. The third-order valence-electron chi connectivity index (χ3n) is 3.36. The Kier molecular flexibility index (Phi) is 5.03. The Bertz CT molecular complexity index is 486. The zero-order valence-electron chi connectivity index (χ0n) is 13.1. The molecule has 1 rings (SSSR count). The van der Waals surface area contributed by atoms with Gasteiger partial charge in [-0.25, -0.2) is 0 Å². The fourth-order valence-electron chi connectivity index (χ4n) is 2.12. The molecular weight excluding hydrogens is 256 g/mol. The van der Waals surface area contributed by atoms with E-state index in [-0.39, 0.29) is 5.41 Å². The van der Waals surface area contributed by atoms with Crippen molar-refractivity contribution in [3.63, 3.8) is 0 Å². The molecule has 0 fully saturated rings. The lowest BCUT2D eigenvalue weighted by molar-refractivity contribution is -0.141. The monoisotopic (exact) mass is 280 g/mol. The first-order valence-electron chi connectivity index (χ1n) is 6.69. The van der Waals surface area contributed by atoms with E-state index in [1.807, 2.05) is 12.1 Å². The second-order valence-electron chi connectivity index (χ2n) is 6.06. The molecular formula is C16H24O4. The number of benzene rings is 1. The number of carboxylic acid groups (broad SMARTS) is 1. The molecule has 0 amide bonds. The molecule has 0 saturated heterocycles. The van der Waals surface area contributed by atoms with Crippen molar-refractivity contribution in [2.75, 3.05) is 14.2 Å². The number of aliphatic carboxylic acids is 1. The van der Waals surface area contributed by atoms with Crippen LogP contribution in [0.3, 0.4) is 0 Å². The van der Waals surface area contributed by atoms with E-state index in [0.717, 1.165) is 16.9 Å². The summed E-state index contributed by atoms with van der Waals surface area (Å²) in [5.41, 5.74) is 1.83. The maximum atomic E-state index is 11.0. The van der Waals surface area contributed by atoms with Gasteiger partial charge in [0.05, 0.1) is 20.1 Å². The lowest BCUT2D eigenvalue weighted by Crippen LogP contribution is -2.16. The van der Waals surface area contributed by atoms with Gasteiger partial charge < -0.3 is 14.6 Å². The molecule has 112 valence electrons. The molecule has 1 unspecified atom stereocenters. The first-order chi connectivity index (χ1) is 9.20. The molecule has 0 aliphatic heterocycles. The molecule has 0 spiro atoms. The summed E-state index contributed by atoms with van der Waals surface area (Å²) < 4.78 is 10.9.